The zero-order chi connectivity index (χ0) is 41.8. The van der Waals surface area contributed by atoms with E-state index in [4.69, 9.17) is 9.97 Å². The molecule has 1 aliphatic rings. The molecule has 0 unspecified atom stereocenters. The topological polar surface area (TPSA) is 191 Å². The van der Waals surface area contributed by atoms with Gasteiger partial charge in [0.1, 0.15) is 22.4 Å². The molecule has 14 nitrogen and oxygen atoms in total. The Morgan fingerprint density at radius 1 is 0.484 bits per heavy atom. The van der Waals surface area contributed by atoms with Gasteiger partial charge >= 0.3 is 0 Å². The highest BCUT2D eigenvalue weighted by Crippen LogP contribution is 2.35. The van der Waals surface area contributed by atoms with Gasteiger partial charge in [0.15, 0.2) is 11.6 Å². The van der Waals surface area contributed by atoms with Crippen molar-refractivity contribution in [3.8, 4) is 56.7 Å². The van der Waals surface area contributed by atoms with Crippen LogP contribution in [0.4, 0.5) is 0 Å². The van der Waals surface area contributed by atoms with Gasteiger partial charge < -0.3 is 15.3 Å². The number of nitrogens with zero attached hydrogens (tertiary/aromatic N) is 9. The zero-order valence-corrected chi connectivity index (χ0v) is 34.1. The van der Waals surface area contributed by atoms with Crippen molar-refractivity contribution in [3.63, 3.8) is 0 Å². The highest BCUT2D eigenvalue weighted by molar-refractivity contribution is 5.98. The van der Waals surface area contributed by atoms with Crippen LogP contribution in [0.5, 0.6) is 0 Å². The summed E-state index contributed by atoms with van der Waals surface area (Å²) in [6.45, 7) is 6.16. The summed E-state index contributed by atoms with van der Waals surface area (Å²) in [6, 6.07) is 28.5. The number of aromatic nitrogens is 13. The molecule has 1 aliphatic heterocycles. The maximum atomic E-state index is 4.89. The van der Waals surface area contributed by atoms with Gasteiger partial charge in [0.2, 0.25) is 0 Å². The molecule has 1 saturated heterocycles. The molecule has 0 bridgehead atoms. The second kappa shape index (κ2) is 17.0. The zero-order valence-electron chi connectivity index (χ0n) is 34.1. The third-order valence-electron chi connectivity index (χ3n) is 11.1. The maximum Gasteiger partial charge on any atom is 0.159 e. The average Bonchev–Trinajstić information content (AvgIpc) is 4.17. The number of aromatic amines is 4. The van der Waals surface area contributed by atoms with E-state index in [0.717, 1.165) is 108 Å². The van der Waals surface area contributed by atoms with Gasteiger partial charge in [-0.1, -0.05) is 26.0 Å². The molecule has 9 aromatic heterocycles. The van der Waals surface area contributed by atoms with Crippen molar-refractivity contribution in [2.75, 3.05) is 13.1 Å². The SMILES string of the molecule is CC.c1cc(-c2nccc3[nH]c(-c4n[nH]c5ccc(C6CCNCC6)cc45)nc23)ccn1.c1cncc(-c2nccc3[nH]c(-c4n[nH]c5ccc(-c6ccncc6)cc45)nc23)c1. The Hall–Kier alpha value is -7.97. The molecule has 5 N–H and O–H groups in total. The molecule has 0 aliphatic carbocycles. The van der Waals surface area contributed by atoms with Crippen molar-refractivity contribution in [2.24, 2.45) is 0 Å². The lowest BCUT2D eigenvalue weighted by atomic mass is 9.89. The molecule has 0 spiro atoms. The number of benzene rings is 2. The standard InChI is InChI=1S/C23H21N7.C23H15N7.C2H6/c1-2-18-17(13-16(1)14-3-8-24-9-4-14)21(30-29-18)23-27-19-7-12-26-20(22(19)28-23)15-5-10-25-11-6-15;1-2-16(13-25-8-1)20-22-19(7-11-26-20)27-23(28-22)21-17-12-15(3-4-18(17)29-30-21)14-5-9-24-10-6-14;1-2/h1-2,5-7,10-14,24H,3-4,8-9H2,(H,27,28)(H,29,30);1-13H,(H,27,28)(H,29,30);1-2H3. The van der Waals surface area contributed by atoms with Crippen molar-refractivity contribution >= 4 is 43.9 Å². The van der Waals surface area contributed by atoms with Crippen LogP contribution in [0.1, 0.15) is 38.2 Å². The van der Waals surface area contributed by atoms with Crippen molar-refractivity contribution in [1.29, 1.82) is 0 Å². The van der Waals surface area contributed by atoms with Gasteiger partial charge in [-0.25, -0.2) is 9.97 Å². The lowest BCUT2D eigenvalue weighted by Gasteiger charge is -2.23. The Morgan fingerprint density at radius 3 is 1.68 bits per heavy atom. The molecule has 2 aromatic carbocycles. The Bertz CT molecular complexity index is 3250. The summed E-state index contributed by atoms with van der Waals surface area (Å²) in [7, 11) is 0. The van der Waals surface area contributed by atoms with Crippen molar-refractivity contribution < 1.29 is 0 Å². The number of H-pyrrole nitrogens is 4. The molecule has 1 fully saturated rings. The first kappa shape index (κ1) is 38.2. The van der Waals surface area contributed by atoms with E-state index in [1.807, 2.05) is 68.4 Å². The Kier molecular flexibility index (Phi) is 10.5. The van der Waals surface area contributed by atoms with Gasteiger partial charge in [0, 0.05) is 71.5 Å². The first-order chi connectivity index (χ1) is 30.7. The largest absolute Gasteiger partial charge is 0.336 e. The van der Waals surface area contributed by atoms with Crippen LogP contribution in [-0.4, -0.2) is 78.3 Å². The number of pyridine rings is 5. The summed E-state index contributed by atoms with van der Waals surface area (Å²) >= 11 is 0. The van der Waals surface area contributed by atoms with Crippen LogP contribution in [0, 0.1) is 0 Å². The number of hydrogen-bond donors (Lipinski definition) is 5. The normalized spacial score (nSPS) is 12.9. The van der Waals surface area contributed by atoms with Gasteiger partial charge in [-0.05, 0) is 121 Å². The third-order valence-corrected chi connectivity index (χ3v) is 11.1. The molecular weight excluding hydrogens is 773 g/mol. The number of imidazole rings is 2. The summed E-state index contributed by atoms with van der Waals surface area (Å²) in [4.78, 5) is 38.1. The van der Waals surface area contributed by atoms with E-state index >= 15 is 0 Å². The number of rotatable bonds is 6. The van der Waals surface area contributed by atoms with Crippen LogP contribution in [-0.2, 0) is 0 Å². The predicted molar refractivity (Wildman–Crippen MR) is 244 cm³/mol. The summed E-state index contributed by atoms with van der Waals surface area (Å²) in [6.07, 6.45) is 16.6. The van der Waals surface area contributed by atoms with E-state index in [1.54, 1.807) is 49.6 Å². The minimum Gasteiger partial charge on any atom is -0.336 e. The van der Waals surface area contributed by atoms with Crippen LogP contribution in [0.3, 0.4) is 0 Å². The second-order valence-electron chi connectivity index (χ2n) is 14.7. The summed E-state index contributed by atoms with van der Waals surface area (Å²) in [5.74, 6) is 2.04. The molecule has 0 saturated carbocycles. The quantitative estimate of drug-likeness (QED) is 0.108. The van der Waals surface area contributed by atoms with Crippen molar-refractivity contribution in [1.82, 2.24) is 70.6 Å². The summed E-state index contributed by atoms with van der Waals surface area (Å²) < 4.78 is 0. The Balaban J connectivity index is 0.000000142. The van der Waals surface area contributed by atoms with E-state index in [0.29, 0.717) is 11.7 Å². The molecule has 0 amide bonds. The average molecular weight is 815 g/mol. The van der Waals surface area contributed by atoms with Crippen LogP contribution in [0.15, 0.2) is 135 Å². The minimum atomic E-state index is 0.594. The van der Waals surface area contributed by atoms with Gasteiger partial charge in [0.25, 0.3) is 0 Å². The Morgan fingerprint density at radius 2 is 1.06 bits per heavy atom. The van der Waals surface area contributed by atoms with Crippen LogP contribution < -0.4 is 5.32 Å². The van der Waals surface area contributed by atoms with Crippen LogP contribution in [0.25, 0.3) is 101 Å². The number of hydrogen-bond acceptors (Lipinski definition) is 10. The minimum absolute atomic E-state index is 0.594. The van der Waals surface area contributed by atoms with Crippen LogP contribution >= 0.6 is 0 Å². The van der Waals surface area contributed by atoms with E-state index in [1.165, 1.54) is 18.4 Å². The van der Waals surface area contributed by atoms with Gasteiger partial charge in [0.05, 0.1) is 33.5 Å². The van der Waals surface area contributed by atoms with Crippen molar-refractivity contribution in [3.05, 3.63) is 140 Å². The number of fused-ring (bicyclic) bond motifs is 4. The first-order valence-electron chi connectivity index (χ1n) is 20.8. The summed E-state index contributed by atoms with van der Waals surface area (Å²) in [5.41, 5.74) is 14.2. The molecule has 11 aromatic rings. The smallest absolute Gasteiger partial charge is 0.159 e. The summed E-state index contributed by atoms with van der Waals surface area (Å²) in [5, 5.41) is 20.9. The number of nitrogens with one attached hydrogen (secondary N) is 5. The fourth-order valence-corrected chi connectivity index (χ4v) is 8.07. The first-order valence-corrected chi connectivity index (χ1v) is 20.8. The maximum absolute atomic E-state index is 4.89. The van der Waals surface area contributed by atoms with Gasteiger partial charge in [-0.15, -0.1) is 0 Å². The molecule has 0 atom stereocenters. The molecule has 0 radical (unpaired) electrons. The van der Waals surface area contributed by atoms with E-state index in [2.05, 4.69) is 90.9 Å². The molecule has 12 rings (SSSR count). The number of piperidine rings is 1. The fourth-order valence-electron chi connectivity index (χ4n) is 8.07. The van der Waals surface area contributed by atoms with E-state index in [9.17, 15) is 0 Å². The Labute approximate surface area is 355 Å². The highest BCUT2D eigenvalue weighted by Gasteiger charge is 2.20. The van der Waals surface area contributed by atoms with E-state index < -0.39 is 0 Å². The molecule has 10 heterocycles. The fraction of sp³-hybridized carbons (Fsp3) is 0.146. The van der Waals surface area contributed by atoms with Crippen molar-refractivity contribution in [2.45, 2.75) is 32.6 Å². The molecule has 14 heteroatoms. The lowest BCUT2D eigenvalue weighted by molar-refractivity contribution is 0.460. The van der Waals surface area contributed by atoms with Crippen LogP contribution in [0.2, 0.25) is 0 Å². The molecular formula is C48H42N14. The van der Waals surface area contributed by atoms with Gasteiger partial charge in [-0.3, -0.25) is 35.1 Å². The van der Waals surface area contributed by atoms with Gasteiger partial charge in [-0.2, -0.15) is 10.2 Å². The van der Waals surface area contributed by atoms with E-state index in [-0.39, 0.29) is 0 Å². The molecule has 304 valence electrons. The monoisotopic (exact) mass is 814 g/mol. The predicted octanol–water partition coefficient (Wildman–Crippen LogP) is 9.68. The lowest BCUT2D eigenvalue weighted by Crippen LogP contribution is -2.26. The molecule has 62 heavy (non-hydrogen) atoms. The second-order valence-corrected chi connectivity index (χ2v) is 14.7. The highest BCUT2D eigenvalue weighted by atomic mass is 15.1. The third kappa shape index (κ3) is 7.32.